The van der Waals surface area contributed by atoms with Crippen molar-refractivity contribution in [2.45, 2.75) is 19.8 Å². The number of carbonyl (C=O) groups is 1. The zero-order chi connectivity index (χ0) is 17.3. The highest BCUT2D eigenvalue weighted by Crippen LogP contribution is 2.34. The molecule has 3 aromatic rings. The van der Waals surface area contributed by atoms with E-state index in [1.54, 1.807) is 7.11 Å². The van der Waals surface area contributed by atoms with Crippen molar-refractivity contribution in [2.75, 3.05) is 7.11 Å². The van der Waals surface area contributed by atoms with E-state index in [0.717, 1.165) is 43.5 Å². The molecule has 0 spiro atoms. The number of ether oxygens (including phenoxy) is 1. The van der Waals surface area contributed by atoms with E-state index in [0.29, 0.717) is 6.42 Å². The van der Waals surface area contributed by atoms with E-state index in [1.165, 1.54) is 0 Å². The minimum absolute atomic E-state index is 0.00760. The molecule has 4 nitrogen and oxygen atoms in total. The largest absolute Gasteiger partial charge is 0.496 e. The van der Waals surface area contributed by atoms with Gasteiger partial charge in [-0.1, -0.05) is 28.1 Å². The lowest BCUT2D eigenvalue weighted by Gasteiger charge is -2.12. The van der Waals surface area contributed by atoms with Crippen molar-refractivity contribution in [2.24, 2.45) is 0 Å². The molecule has 0 fully saturated rings. The molecule has 5 heteroatoms. The average molecular weight is 388 g/mol. The van der Waals surface area contributed by atoms with Gasteiger partial charge < -0.3 is 14.8 Å². The first-order chi connectivity index (χ1) is 11.5. The maximum absolute atomic E-state index is 11.3. The molecule has 0 atom stereocenters. The number of carboxylic acids is 1. The van der Waals surface area contributed by atoms with Crippen LogP contribution in [0.1, 0.15) is 22.4 Å². The van der Waals surface area contributed by atoms with Gasteiger partial charge in [0.15, 0.2) is 0 Å². The number of aryl methyl sites for hydroxylation is 1. The zero-order valence-corrected chi connectivity index (χ0v) is 15.1. The van der Waals surface area contributed by atoms with Crippen LogP contribution in [0, 0.1) is 6.92 Å². The number of nitrogens with one attached hydrogen (secondary N) is 1. The highest BCUT2D eigenvalue weighted by atomic mass is 79.9. The van der Waals surface area contributed by atoms with Gasteiger partial charge >= 0.3 is 5.97 Å². The lowest BCUT2D eigenvalue weighted by Crippen LogP contribution is -2.02. The number of carboxylic acid groups (broad SMARTS) is 1. The predicted octanol–water partition coefficient (Wildman–Crippen LogP) is 4.47. The summed E-state index contributed by atoms with van der Waals surface area (Å²) in [5, 5.41) is 10.2. The summed E-state index contributed by atoms with van der Waals surface area (Å²) in [6.07, 6.45) is 0.671. The number of methoxy groups -OCH3 is 1. The lowest BCUT2D eigenvalue weighted by molar-refractivity contribution is -0.136. The summed E-state index contributed by atoms with van der Waals surface area (Å²) in [4.78, 5) is 14.6. The Balaban J connectivity index is 2.18. The molecule has 0 amide bonds. The van der Waals surface area contributed by atoms with Crippen molar-refractivity contribution in [1.29, 1.82) is 0 Å². The second kappa shape index (κ2) is 6.69. The van der Waals surface area contributed by atoms with Crippen molar-refractivity contribution in [3.63, 3.8) is 0 Å². The van der Waals surface area contributed by atoms with Gasteiger partial charge in [-0.2, -0.15) is 0 Å². The Morgan fingerprint density at radius 1 is 1.17 bits per heavy atom. The lowest BCUT2D eigenvalue weighted by atomic mass is 9.96. The summed E-state index contributed by atoms with van der Waals surface area (Å²) in [5.74, 6) is -0.0625. The highest BCUT2D eigenvalue weighted by molar-refractivity contribution is 9.10. The first kappa shape index (κ1) is 16.6. The molecule has 0 saturated carbocycles. The molecule has 0 radical (unpaired) electrons. The van der Waals surface area contributed by atoms with Crippen molar-refractivity contribution in [3.8, 4) is 5.75 Å². The number of aromatic nitrogens is 1. The van der Waals surface area contributed by atoms with E-state index in [2.05, 4.69) is 33.0 Å². The minimum Gasteiger partial charge on any atom is -0.496 e. The normalized spacial score (nSPS) is 11.0. The van der Waals surface area contributed by atoms with Gasteiger partial charge in [0.25, 0.3) is 0 Å². The monoisotopic (exact) mass is 387 g/mol. The van der Waals surface area contributed by atoms with Gasteiger partial charge in [0.05, 0.1) is 13.5 Å². The van der Waals surface area contributed by atoms with Gasteiger partial charge in [-0.25, -0.2) is 0 Å². The van der Waals surface area contributed by atoms with Gasteiger partial charge in [0.1, 0.15) is 5.75 Å². The van der Waals surface area contributed by atoms with Crippen LogP contribution in [0.15, 0.2) is 40.9 Å². The minimum atomic E-state index is -0.837. The zero-order valence-electron chi connectivity index (χ0n) is 13.5. The number of H-pyrrole nitrogens is 1. The first-order valence-corrected chi connectivity index (χ1v) is 8.42. The van der Waals surface area contributed by atoms with Crippen LogP contribution in [0.25, 0.3) is 10.9 Å². The standard InChI is InChI=1S/C19H18BrNO3/c1-11-14(10-18(22)23)19-15(9-12-3-5-13(20)6-4-12)17(24-2)8-7-16(19)21-11/h3-8,21H,9-10H2,1-2H3,(H,22,23). The molecule has 0 aliphatic carbocycles. The average Bonchev–Trinajstić information content (AvgIpc) is 2.85. The molecule has 0 aliphatic rings. The van der Waals surface area contributed by atoms with E-state index in [9.17, 15) is 9.90 Å². The maximum atomic E-state index is 11.3. The summed E-state index contributed by atoms with van der Waals surface area (Å²) in [5.41, 5.74) is 4.81. The number of fused-ring (bicyclic) bond motifs is 1. The molecular weight excluding hydrogens is 370 g/mol. The quantitative estimate of drug-likeness (QED) is 0.678. The highest BCUT2D eigenvalue weighted by Gasteiger charge is 2.18. The van der Waals surface area contributed by atoms with Crippen molar-refractivity contribution < 1.29 is 14.6 Å². The van der Waals surface area contributed by atoms with Gasteiger partial charge in [-0.05, 0) is 42.3 Å². The number of aliphatic carboxylic acids is 1. The molecule has 2 aromatic carbocycles. The summed E-state index contributed by atoms with van der Waals surface area (Å²) in [6.45, 7) is 1.91. The topological polar surface area (TPSA) is 62.3 Å². The van der Waals surface area contributed by atoms with Gasteiger partial charge in [0.2, 0.25) is 0 Å². The maximum Gasteiger partial charge on any atom is 0.307 e. The fraction of sp³-hybridized carbons (Fsp3) is 0.211. The van der Waals surface area contributed by atoms with E-state index >= 15 is 0 Å². The number of halogens is 1. The van der Waals surface area contributed by atoms with Crippen molar-refractivity contribution >= 4 is 32.8 Å². The van der Waals surface area contributed by atoms with Gasteiger partial charge in [0, 0.05) is 33.1 Å². The van der Waals surface area contributed by atoms with Crippen LogP contribution < -0.4 is 4.74 Å². The molecule has 0 saturated heterocycles. The summed E-state index contributed by atoms with van der Waals surface area (Å²) in [6, 6.07) is 12.0. The Kier molecular flexibility index (Phi) is 4.62. The Morgan fingerprint density at radius 3 is 2.50 bits per heavy atom. The molecule has 2 N–H and O–H groups in total. The number of hydrogen-bond donors (Lipinski definition) is 2. The molecule has 24 heavy (non-hydrogen) atoms. The Bertz CT molecular complexity index is 897. The van der Waals surface area contributed by atoms with E-state index in [4.69, 9.17) is 4.74 Å². The Hall–Kier alpha value is -2.27. The second-order valence-electron chi connectivity index (χ2n) is 5.77. The predicted molar refractivity (Wildman–Crippen MR) is 97.9 cm³/mol. The fourth-order valence-corrected chi connectivity index (χ4v) is 3.35. The third kappa shape index (κ3) is 3.17. The SMILES string of the molecule is COc1ccc2[nH]c(C)c(CC(=O)O)c2c1Cc1ccc(Br)cc1. The van der Waals surface area contributed by atoms with Crippen LogP contribution >= 0.6 is 15.9 Å². The molecule has 124 valence electrons. The van der Waals surface area contributed by atoms with Gasteiger partial charge in [-0.3, -0.25) is 4.79 Å². The van der Waals surface area contributed by atoms with Crippen LogP contribution in [0.5, 0.6) is 5.75 Å². The van der Waals surface area contributed by atoms with Gasteiger partial charge in [-0.15, -0.1) is 0 Å². The smallest absolute Gasteiger partial charge is 0.307 e. The number of benzene rings is 2. The summed E-state index contributed by atoms with van der Waals surface area (Å²) >= 11 is 3.45. The van der Waals surface area contributed by atoms with Crippen LogP contribution in [0.4, 0.5) is 0 Å². The van der Waals surface area contributed by atoms with E-state index in [1.807, 2.05) is 31.2 Å². The number of rotatable bonds is 5. The molecule has 1 aromatic heterocycles. The van der Waals surface area contributed by atoms with Crippen LogP contribution in [0.3, 0.4) is 0 Å². The van der Waals surface area contributed by atoms with Crippen molar-refractivity contribution in [1.82, 2.24) is 4.98 Å². The Labute approximate surface area is 148 Å². The second-order valence-corrected chi connectivity index (χ2v) is 6.69. The molecule has 1 heterocycles. The van der Waals surface area contributed by atoms with E-state index in [-0.39, 0.29) is 6.42 Å². The molecule has 3 rings (SSSR count). The van der Waals surface area contributed by atoms with Crippen LogP contribution in [0.2, 0.25) is 0 Å². The first-order valence-electron chi connectivity index (χ1n) is 7.63. The fourth-order valence-electron chi connectivity index (χ4n) is 3.09. The van der Waals surface area contributed by atoms with Crippen molar-refractivity contribution in [3.05, 3.63) is 63.3 Å². The summed E-state index contributed by atoms with van der Waals surface area (Å²) in [7, 11) is 1.64. The molecule has 0 bridgehead atoms. The van der Waals surface area contributed by atoms with Crippen LogP contribution in [-0.2, 0) is 17.6 Å². The summed E-state index contributed by atoms with van der Waals surface area (Å²) < 4.78 is 6.58. The molecule has 0 unspecified atom stereocenters. The van der Waals surface area contributed by atoms with E-state index < -0.39 is 5.97 Å². The number of aromatic amines is 1. The third-order valence-corrected chi connectivity index (χ3v) is 4.72. The van der Waals surface area contributed by atoms with Crippen LogP contribution in [-0.4, -0.2) is 23.2 Å². The third-order valence-electron chi connectivity index (χ3n) is 4.19. The molecule has 0 aliphatic heterocycles. The Morgan fingerprint density at radius 2 is 1.88 bits per heavy atom. The number of hydrogen-bond acceptors (Lipinski definition) is 2. The molecular formula is C19H18BrNO3.